The molecule has 26 heavy (non-hydrogen) atoms. The van der Waals surface area contributed by atoms with Gasteiger partial charge in [-0.2, -0.15) is 0 Å². The molecule has 1 N–H and O–H groups in total. The van der Waals surface area contributed by atoms with Gasteiger partial charge in [0.1, 0.15) is 0 Å². The molecular formula is C17H17N3O6. The molecule has 3 rings (SSSR count). The summed E-state index contributed by atoms with van der Waals surface area (Å²) in [5, 5.41) is 2.03. The minimum absolute atomic E-state index is 0.279. The van der Waals surface area contributed by atoms with Crippen LogP contribution in [0.3, 0.4) is 0 Å². The van der Waals surface area contributed by atoms with Crippen LogP contribution in [0.2, 0.25) is 0 Å². The largest absolute Gasteiger partial charge is 0.289 e. The summed E-state index contributed by atoms with van der Waals surface area (Å²) in [6.45, 7) is 0.760. The smallest absolute Gasteiger partial charge is 0.253 e. The van der Waals surface area contributed by atoms with Gasteiger partial charge in [-0.3, -0.25) is 43.9 Å². The first kappa shape index (κ1) is 19.0. The van der Waals surface area contributed by atoms with Gasteiger partial charge < -0.3 is 0 Å². The number of carbonyl (C=O) groups excluding carboxylic acids is 6. The predicted molar refractivity (Wildman–Crippen MR) is 87.9 cm³/mol. The standard InChI is InChI=1S/C13H14N2O4.C4H3NO2/c16-10-4-5-11(17)14(10)8-2-1-3-9-15-12(18)6-7-13(15)19;6-3-1-2-4(7)5-3/h4-7H,1-3,8-9H2;1-2H,(H,5,6,7). The molecule has 3 heterocycles. The molecule has 3 aliphatic heterocycles. The molecule has 0 aromatic rings. The molecule has 136 valence electrons. The Hall–Kier alpha value is -3.36. The van der Waals surface area contributed by atoms with Crippen LogP contribution in [0, 0.1) is 0 Å². The summed E-state index contributed by atoms with van der Waals surface area (Å²) in [7, 11) is 0. The first-order valence-electron chi connectivity index (χ1n) is 7.98. The number of nitrogens with one attached hydrogen (secondary N) is 1. The molecule has 0 spiro atoms. The second kappa shape index (κ2) is 8.65. The van der Waals surface area contributed by atoms with Crippen molar-refractivity contribution in [2.45, 2.75) is 19.3 Å². The van der Waals surface area contributed by atoms with E-state index in [0.29, 0.717) is 25.9 Å². The highest BCUT2D eigenvalue weighted by atomic mass is 16.2. The monoisotopic (exact) mass is 359 g/mol. The van der Waals surface area contributed by atoms with Crippen LogP contribution in [0.4, 0.5) is 0 Å². The Morgan fingerprint density at radius 2 is 0.885 bits per heavy atom. The van der Waals surface area contributed by atoms with Gasteiger partial charge in [-0.1, -0.05) is 0 Å². The second-order valence-corrected chi connectivity index (χ2v) is 5.57. The summed E-state index contributed by atoms with van der Waals surface area (Å²) in [4.78, 5) is 67.5. The Morgan fingerprint density at radius 3 is 1.15 bits per heavy atom. The van der Waals surface area contributed by atoms with E-state index in [9.17, 15) is 28.8 Å². The molecule has 0 saturated heterocycles. The number of imide groups is 3. The summed E-state index contributed by atoms with van der Waals surface area (Å²) in [5.74, 6) is -1.77. The van der Waals surface area contributed by atoms with Gasteiger partial charge in [0.2, 0.25) is 0 Å². The van der Waals surface area contributed by atoms with Crippen LogP contribution >= 0.6 is 0 Å². The van der Waals surface area contributed by atoms with Gasteiger partial charge in [-0.05, 0) is 19.3 Å². The van der Waals surface area contributed by atoms with Crippen molar-refractivity contribution in [2.24, 2.45) is 0 Å². The molecule has 0 saturated carbocycles. The lowest BCUT2D eigenvalue weighted by atomic mass is 10.2. The van der Waals surface area contributed by atoms with Crippen molar-refractivity contribution in [3.05, 3.63) is 36.5 Å². The first-order chi connectivity index (χ1) is 12.4. The van der Waals surface area contributed by atoms with Gasteiger partial charge in [-0.25, -0.2) is 0 Å². The lowest BCUT2D eigenvalue weighted by Crippen LogP contribution is -2.32. The van der Waals surface area contributed by atoms with E-state index < -0.39 is 0 Å². The van der Waals surface area contributed by atoms with Crippen LogP contribution in [0.25, 0.3) is 0 Å². The lowest BCUT2D eigenvalue weighted by molar-refractivity contribution is -0.138. The molecule has 0 bridgehead atoms. The highest BCUT2D eigenvalue weighted by Crippen LogP contribution is 2.09. The van der Waals surface area contributed by atoms with E-state index in [1.54, 1.807) is 0 Å². The molecular weight excluding hydrogens is 342 g/mol. The second-order valence-electron chi connectivity index (χ2n) is 5.57. The Balaban J connectivity index is 0.000000290. The van der Waals surface area contributed by atoms with Gasteiger partial charge in [-0.15, -0.1) is 0 Å². The molecule has 9 heteroatoms. The molecule has 0 radical (unpaired) electrons. The third kappa shape index (κ3) is 5.07. The normalized spacial score (nSPS) is 18.2. The van der Waals surface area contributed by atoms with Gasteiger partial charge in [0.05, 0.1) is 0 Å². The highest BCUT2D eigenvalue weighted by Gasteiger charge is 2.23. The zero-order chi connectivity index (χ0) is 19.1. The third-order valence-electron chi connectivity index (χ3n) is 3.70. The van der Waals surface area contributed by atoms with Crippen molar-refractivity contribution in [1.82, 2.24) is 15.1 Å². The summed E-state index contributed by atoms with van der Waals surface area (Å²) >= 11 is 0. The van der Waals surface area contributed by atoms with Crippen molar-refractivity contribution in [3.8, 4) is 0 Å². The summed E-state index contributed by atoms with van der Waals surface area (Å²) in [6.07, 6.45) is 9.51. The van der Waals surface area contributed by atoms with Crippen molar-refractivity contribution in [3.63, 3.8) is 0 Å². The van der Waals surface area contributed by atoms with E-state index in [-0.39, 0.29) is 35.4 Å². The van der Waals surface area contributed by atoms with Crippen LogP contribution in [0.5, 0.6) is 0 Å². The summed E-state index contributed by atoms with van der Waals surface area (Å²) < 4.78 is 0. The zero-order valence-corrected chi connectivity index (χ0v) is 13.8. The van der Waals surface area contributed by atoms with E-state index in [0.717, 1.165) is 6.42 Å². The quantitative estimate of drug-likeness (QED) is 0.490. The van der Waals surface area contributed by atoms with Gasteiger partial charge in [0.15, 0.2) is 0 Å². The Bertz CT molecular complexity index is 654. The Labute approximate surface area is 149 Å². The van der Waals surface area contributed by atoms with Crippen molar-refractivity contribution < 1.29 is 28.8 Å². The maximum atomic E-state index is 11.3. The Kier molecular flexibility index (Phi) is 6.31. The van der Waals surface area contributed by atoms with Gasteiger partial charge >= 0.3 is 0 Å². The molecule has 0 atom stereocenters. The average molecular weight is 359 g/mol. The van der Waals surface area contributed by atoms with Crippen LogP contribution in [0.1, 0.15) is 19.3 Å². The van der Waals surface area contributed by atoms with Crippen molar-refractivity contribution >= 4 is 35.4 Å². The number of hydrogen-bond donors (Lipinski definition) is 1. The number of unbranched alkanes of at least 4 members (excludes halogenated alkanes) is 2. The molecule has 0 fully saturated rings. The first-order valence-corrected chi connectivity index (χ1v) is 7.98. The van der Waals surface area contributed by atoms with Crippen molar-refractivity contribution in [1.29, 1.82) is 0 Å². The fourth-order valence-corrected chi connectivity index (χ4v) is 2.38. The minimum Gasteiger partial charge on any atom is -0.289 e. The van der Waals surface area contributed by atoms with Gasteiger partial charge in [0, 0.05) is 49.5 Å². The third-order valence-corrected chi connectivity index (χ3v) is 3.70. The zero-order valence-electron chi connectivity index (χ0n) is 13.8. The maximum Gasteiger partial charge on any atom is 0.253 e. The molecule has 0 aromatic heterocycles. The van der Waals surface area contributed by atoms with E-state index in [1.807, 2.05) is 5.32 Å². The van der Waals surface area contributed by atoms with Gasteiger partial charge in [0.25, 0.3) is 35.4 Å². The minimum atomic E-state index is -0.329. The average Bonchev–Trinajstić information content (AvgIpc) is 3.23. The van der Waals surface area contributed by atoms with Crippen LogP contribution in [-0.2, 0) is 28.8 Å². The Morgan fingerprint density at radius 1 is 0.538 bits per heavy atom. The number of nitrogens with zero attached hydrogens (tertiary/aromatic N) is 2. The maximum absolute atomic E-state index is 11.3. The van der Waals surface area contributed by atoms with Crippen LogP contribution < -0.4 is 5.32 Å². The molecule has 9 nitrogen and oxygen atoms in total. The number of amides is 6. The molecule has 3 aliphatic rings. The topological polar surface area (TPSA) is 121 Å². The number of carbonyl (C=O) groups is 6. The summed E-state index contributed by atoms with van der Waals surface area (Å²) in [6, 6.07) is 0. The van der Waals surface area contributed by atoms with E-state index in [1.165, 1.54) is 46.3 Å². The fraction of sp³-hybridized carbons (Fsp3) is 0.294. The number of rotatable bonds is 6. The number of hydrogen-bond acceptors (Lipinski definition) is 6. The van der Waals surface area contributed by atoms with E-state index in [2.05, 4.69) is 0 Å². The van der Waals surface area contributed by atoms with Crippen molar-refractivity contribution in [2.75, 3.05) is 13.1 Å². The molecule has 0 unspecified atom stereocenters. The SMILES string of the molecule is O=C1C=CC(=O)N1.O=C1C=CC(=O)N1CCCCCN1C(=O)C=CC1=O. The van der Waals surface area contributed by atoms with E-state index in [4.69, 9.17) is 0 Å². The highest BCUT2D eigenvalue weighted by molar-refractivity contribution is 6.13. The molecule has 0 aliphatic carbocycles. The van der Waals surface area contributed by atoms with E-state index >= 15 is 0 Å². The van der Waals surface area contributed by atoms with Crippen LogP contribution in [0.15, 0.2) is 36.5 Å². The molecule has 0 aromatic carbocycles. The lowest BCUT2D eigenvalue weighted by Gasteiger charge is -2.15. The summed E-state index contributed by atoms with van der Waals surface area (Å²) in [5.41, 5.74) is 0. The predicted octanol–water partition coefficient (Wildman–Crippen LogP) is -0.794. The van der Waals surface area contributed by atoms with Crippen LogP contribution in [-0.4, -0.2) is 58.3 Å². The fourth-order valence-electron chi connectivity index (χ4n) is 2.38. The molecule has 6 amide bonds.